The van der Waals surface area contributed by atoms with Crippen molar-refractivity contribution in [2.75, 3.05) is 12.3 Å². The number of carbonyl (C=O) groups is 1. The minimum absolute atomic E-state index is 0.0628. The Hall–Kier alpha value is -2.85. The molecular weight excluding hydrogens is 384 g/mol. The van der Waals surface area contributed by atoms with Crippen molar-refractivity contribution in [3.05, 3.63) is 65.0 Å². The SMILES string of the molecule is Nc1cc(C(F)(F)F)c(C(O)C(O)CNC(=O)OCc2ccccc2)cc1F. The molecule has 28 heavy (non-hydrogen) atoms. The van der Waals surface area contributed by atoms with Gasteiger partial charge in [-0.15, -0.1) is 0 Å². The van der Waals surface area contributed by atoms with E-state index in [4.69, 9.17) is 10.5 Å². The number of hydrogen-bond donors (Lipinski definition) is 4. The van der Waals surface area contributed by atoms with Crippen LogP contribution in [0.3, 0.4) is 0 Å². The molecule has 152 valence electrons. The molecule has 2 rings (SSSR count). The summed E-state index contributed by atoms with van der Waals surface area (Å²) in [5.74, 6) is -1.18. The fraction of sp³-hybridized carbons (Fsp3) is 0.278. The van der Waals surface area contributed by atoms with Gasteiger partial charge in [0.25, 0.3) is 0 Å². The Morgan fingerprint density at radius 2 is 1.82 bits per heavy atom. The first-order valence-corrected chi connectivity index (χ1v) is 8.06. The van der Waals surface area contributed by atoms with E-state index < -0.39 is 53.7 Å². The number of aliphatic hydroxyl groups excluding tert-OH is 2. The molecule has 2 aromatic rings. The minimum atomic E-state index is -4.93. The van der Waals surface area contributed by atoms with Crippen molar-refractivity contribution in [2.24, 2.45) is 0 Å². The van der Waals surface area contributed by atoms with Gasteiger partial charge >= 0.3 is 12.3 Å². The summed E-state index contributed by atoms with van der Waals surface area (Å²) in [6.45, 7) is -0.690. The fourth-order valence-electron chi connectivity index (χ4n) is 2.38. The van der Waals surface area contributed by atoms with Gasteiger partial charge in [0.05, 0.1) is 11.3 Å². The lowest BCUT2D eigenvalue weighted by Gasteiger charge is -2.22. The highest BCUT2D eigenvalue weighted by molar-refractivity contribution is 5.67. The van der Waals surface area contributed by atoms with E-state index >= 15 is 0 Å². The topological polar surface area (TPSA) is 105 Å². The van der Waals surface area contributed by atoms with Crippen LogP contribution in [0.4, 0.5) is 28.0 Å². The van der Waals surface area contributed by atoms with Crippen LogP contribution in [0.1, 0.15) is 22.8 Å². The quantitative estimate of drug-likeness (QED) is 0.439. The lowest BCUT2D eigenvalue weighted by molar-refractivity contribution is -0.139. The number of carbonyl (C=O) groups excluding carboxylic acids is 1. The van der Waals surface area contributed by atoms with Gasteiger partial charge in [0.15, 0.2) is 0 Å². The number of rotatable bonds is 6. The first kappa shape index (κ1) is 21.5. The third kappa shape index (κ3) is 5.57. The van der Waals surface area contributed by atoms with Gasteiger partial charge in [-0.2, -0.15) is 13.2 Å². The molecule has 0 aromatic heterocycles. The summed E-state index contributed by atoms with van der Waals surface area (Å²) in [4.78, 5) is 11.6. The second kappa shape index (κ2) is 8.89. The zero-order chi connectivity index (χ0) is 20.9. The number of nitrogens with two attached hydrogens (primary N) is 1. The number of anilines is 1. The summed E-state index contributed by atoms with van der Waals surface area (Å²) in [5.41, 5.74) is 2.82. The molecule has 5 N–H and O–H groups in total. The summed E-state index contributed by atoms with van der Waals surface area (Å²) in [7, 11) is 0. The molecule has 0 aliphatic rings. The Balaban J connectivity index is 1.99. The van der Waals surface area contributed by atoms with Gasteiger partial charge in [-0.25, -0.2) is 9.18 Å². The predicted molar refractivity (Wildman–Crippen MR) is 91.4 cm³/mol. The van der Waals surface area contributed by atoms with Crippen LogP contribution in [-0.4, -0.2) is 29.0 Å². The number of amides is 1. The molecule has 2 atom stereocenters. The van der Waals surface area contributed by atoms with E-state index in [0.29, 0.717) is 17.7 Å². The second-order valence-corrected chi connectivity index (χ2v) is 5.91. The molecule has 1 amide bonds. The third-order valence-electron chi connectivity index (χ3n) is 3.83. The van der Waals surface area contributed by atoms with Crippen LogP contribution in [0.2, 0.25) is 0 Å². The average molecular weight is 402 g/mol. The summed E-state index contributed by atoms with van der Waals surface area (Å²) >= 11 is 0. The average Bonchev–Trinajstić information content (AvgIpc) is 2.65. The molecular formula is C18H18F4N2O4. The van der Waals surface area contributed by atoms with Gasteiger partial charge < -0.3 is 26.0 Å². The van der Waals surface area contributed by atoms with Crippen molar-refractivity contribution in [2.45, 2.75) is 25.0 Å². The van der Waals surface area contributed by atoms with Crippen molar-refractivity contribution < 1.29 is 37.3 Å². The number of benzene rings is 2. The van der Waals surface area contributed by atoms with E-state index in [1.165, 1.54) is 0 Å². The number of ether oxygens (including phenoxy) is 1. The van der Waals surface area contributed by atoms with Gasteiger partial charge in [0.1, 0.15) is 24.6 Å². The molecule has 0 saturated heterocycles. The predicted octanol–water partition coefficient (Wildman–Crippen LogP) is 2.75. The summed E-state index contributed by atoms with van der Waals surface area (Å²) in [6, 6.07) is 9.40. The van der Waals surface area contributed by atoms with Crippen LogP contribution in [0.15, 0.2) is 42.5 Å². The maximum Gasteiger partial charge on any atom is 0.416 e. The number of hydrogen-bond acceptors (Lipinski definition) is 5. The van der Waals surface area contributed by atoms with Crippen LogP contribution in [-0.2, 0) is 17.5 Å². The lowest BCUT2D eigenvalue weighted by Crippen LogP contribution is -2.36. The molecule has 10 heteroatoms. The van der Waals surface area contributed by atoms with Crippen molar-refractivity contribution in [1.29, 1.82) is 0 Å². The standard InChI is InChI=1S/C18H18F4N2O4/c19-13-6-11(12(7-14(13)23)18(20,21)22)16(26)15(25)8-24-17(27)28-9-10-4-2-1-3-5-10/h1-7,15-16,25-26H,8-9,23H2,(H,24,27). The number of nitrogen functional groups attached to an aromatic ring is 1. The first-order valence-electron chi connectivity index (χ1n) is 8.06. The van der Waals surface area contributed by atoms with Crippen LogP contribution in [0.5, 0.6) is 0 Å². The summed E-state index contributed by atoms with van der Waals surface area (Å²) < 4.78 is 57.7. The van der Waals surface area contributed by atoms with Crippen LogP contribution >= 0.6 is 0 Å². The van der Waals surface area contributed by atoms with Gasteiger partial charge in [-0.3, -0.25) is 0 Å². The smallest absolute Gasteiger partial charge is 0.416 e. The van der Waals surface area contributed by atoms with Gasteiger partial charge in [0.2, 0.25) is 0 Å². The third-order valence-corrected chi connectivity index (χ3v) is 3.83. The number of nitrogens with one attached hydrogen (secondary N) is 1. The lowest BCUT2D eigenvalue weighted by atomic mass is 9.97. The summed E-state index contributed by atoms with van der Waals surface area (Å²) in [6.07, 6.45) is -9.86. The Labute approximate surface area is 157 Å². The highest BCUT2D eigenvalue weighted by Crippen LogP contribution is 2.37. The van der Waals surface area contributed by atoms with Crippen molar-refractivity contribution in [3.8, 4) is 0 Å². The molecule has 0 radical (unpaired) electrons. The minimum Gasteiger partial charge on any atom is -0.445 e. The highest BCUT2D eigenvalue weighted by atomic mass is 19.4. The van der Waals surface area contributed by atoms with Crippen LogP contribution in [0.25, 0.3) is 0 Å². The first-order chi connectivity index (χ1) is 13.1. The van der Waals surface area contributed by atoms with Crippen LogP contribution in [0, 0.1) is 5.82 Å². The molecule has 0 fully saturated rings. The number of aliphatic hydroxyl groups is 2. The Kier molecular flexibility index (Phi) is 6.81. The molecule has 2 unspecified atom stereocenters. The van der Waals surface area contributed by atoms with E-state index in [9.17, 15) is 32.6 Å². The molecule has 2 aromatic carbocycles. The largest absolute Gasteiger partial charge is 0.445 e. The fourth-order valence-corrected chi connectivity index (χ4v) is 2.38. The Morgan fingerprint density at radius 3 is 2.43 bits per heavy atom. The number of alkyl halides is 3. The second-order valence-electron chi connectivity index (χ2n) is 5.91. The Bertz CT molecular complexity index is 815. The zero-order valence-electron chi connectivity index (χ0n) is 14.4. The molecule has 0 bridgehead atoms. The van der Waals surface area contributed by atoms with Crippen molar-refractivity contribution in [3.63, 3.8) is 0 Å². The van der Waals surface area contributed by atoms with Crippen molar-refractivity contribution >= 4 is 11.8 Å². The van der Waals surface area contributed by atoms with E-state index in [0.717, 1.165) is 0 Å². The van der Waals surface area contributed by atoms with Gasteiger partial charge in [-0.05, 0) is 23.3 Å². The molecule has 6 nitrogen and oxygen atoms in total. The maximum absolute atomic E-state index is 13.6. The number of halogens is 4. The number of alkyl carbamates (subject to hydrolysis) is 1. The summed E-state index contributed by atoms with van der Waals surface area (Å²) in [5, 5.41) is 22.1. The van der Waals surface area contributed by atoms with Crippen LogP contribution < -0.4 is 11.1 Å². The monoisotopic (exact) mass is 402 g/mol. The van der Waals surface area contributed by atoms with E-state index in [2.05, 4.69) is 5.32 Å². The van der Waals surface area contributed by atoms with Crippen molar-refractivity contribution in [1.82, 2.24) is 5.32 Å². The highest BCUT2D eigenvalue weighted by Gasteiger charge is 2.37. The van der Waals surface area contributed by atoms with Gasteiger partial charge in [-0.1, -0.05) is 30.3 Å². The van der Waals surface area contributed by atoms with E-state index in [1.807, 2.05) is 0 Å². The Morgan fingerprint density at radius 1 is 1.18 bits per heavy atom. The molecule has 0 aliphatic carbocycles. The molecule has 0 saturated carbocycles. The molecule has 0 aliphatic heterocycles. The van der Waals surface area contributed by atoms with E-state index in [1.54, 1.807) is 30.3 Å². The molecule has 0 spiro atoms. The normalized spacial score (nSPS) is 13.6. The van der Waals surface area contributed by atoms with Gasteiger partial charge in [0, 0.05) is 6.54 Å². The maximum atomic E-state index is 13.6. The zero-order valence-corrected chi connectivity index (χ0v) is 14.4. The molecule has 0 heterocycles. The van der Waals surface area contributed by atoms with E-state index in [-0.39, 0.29) is 6.61 Å².